The summed E-state index contributed by atoms with van der Waals surface area (Å²) in [5.74, 6) is -2.03. The molecule has 1 fully saturated rings. The Balaban J connectivity index is 1.76. The van der Waals surface area contributed by atoms with E-state index in [4.69, 9.17) is 4.74 Å². The molecule has 1 aliphatic rings. The van der Waals surface area contributed by atoms with Crippen molar-refractivity contribution < 1.29 is 23.4 Å². The molecule has 1 unspecified atom stereocenters. The lowest BCUT2D eigenvalue weighted by molar-refractivity contribution is -0.149. The number of ether oxygens (including phenoxy) is 1. The number of carbonyl (C=O) groups excluding carboxylic acids is 1. The van der Waals surface area contributed by atoms with E-state index in [1.165, 1.54) is 6.07 Å². The third kappa shape index (κ3) is 4.97. The summed E-state index contributed by atoms with van der Waals surface area (Å²) in [6.07, 6.45) is 1.11. The third-order valence-electron chi connectivity index (χ3n) is 4.25. The summed E-state index contributed by atoms with van der Waals surface area (Å²) in [5, 5.41) is 10.1. The van der Waals surface area contributed by atoms with Crippen molar-refractivity contribution in [1.82, 2.24) is 4.90 Å². The van der Waals surface area contributed by atoms with E-state index in [-0.39, 0.29) is 11.9 Å². The number of aliphatic hydroxyl groups is 1. The first-order valence-corrected chi connectivity index (χ1v) is 8.03. The molecule has 1 atom stereocenters. The van der Waals surface area contributed by atoms with Crippen LogP contribution < -0.4 is 0 Å². The zero-order valence-corrected chi connectivity index (χ0v) is 13.3. The number of hydrogen-bond donors (Lipinski definition) is 1. The summed E-state index contributed by atoms with van der Waals surface area (Å²) in [5.41, 5.74) is 0.380. The van der Waals surface area contributed by atoms with Crippen LogP contribution in [0.2, 0.25) is 0 Å². The quantitative estimate of drug-likeness (QED) is 0.816. The summed E-state index contributed by atoms with van der Waals surface area (Å²) < 4.78 is 31.1. The Morgan fingerprint density at radius 1 is 1.35 bits per heavy atom. The second-order valence-corrected chi connectivity index (χ2v) is 5.85. The van der Waals surface area contributed by atoms with Crippen molar-refractivity contribution in [2.75, 3.05) is 26.2 Å². The first-order chi connectivity index (χ1) is 11.0. The number of carbonyl (C=O) groups is 1. The highest BCUT2D eigenvalue weighted by atomic mass is 19.2. The molecule has 128 valence electrons. The monoisotopic (exact) mass is 327 g/mol. The number of halogens is 2. The Morgan fingerprint density at radius 3 is 2.65 bits per heavy atom. The smallest absolute Gasteiger partial charge is 0.309 e. The Bertz CT molecular complexity index is 531. The molecular weight excluding hydrogens is 304 g/mol. The van der Waals surface area contributed by atoms with E-state index < -0.39 is 17.7 Å². The van der Waals surface area contributed by atoms with Crippen LogP contribution in [0.1, 0.15) is 37.9 Å². The van der Waals surface area contributed by atoms with Gasteiger partial charge in [0.15, 0.2) is 11.6 Å². The van der Waals surface area contributed by atoms with Gasteiger partial charge >= 0.3 is 5.97 Å². The average Bonchev–Trinajstić information content (AvgIpc) is 2.56. The molecule has 2 rings (SSSR count). The number of benzene rings is 1. The van der Waals surface area contributed by atoms with Gasteiger partial charge in [0.05, 0.1) is 18.6 Å². The molecule has 6 heteroatoms. The summed E-state index contributed by atoms with van der Waals surface area (Å²) in [6, 6.07) is 3.46. The lowest BCUT2D eigenvalue weighted by Crippen LogP contribution is -2.37. The van der Waals surface area contributed by atoms with Gasteiger partial charge in [-0.15, -0.1) is 0 Å². The Hall–Kier alpha value is -1.53. The zero-order valence-electron chi connectivity index (χ0n) is 13.3. The number of hydrogen-bond acceptors (Lipinski definition) is 4. The zero-order chi connectivity index (χ0) is 16.8. The number of aliphatic hydroxyl groups excluding tert-OH is 1. The van der Waals surface area contributed by atoms with Gasteiger partial charge in [-0.25, -0.2) is 8.78 Å². The van der Waals surface area contributed by atoms with Gasteiger partial charge in [0.2, 0.25) is 0 Å². The van der Waals surface area contributed by atoms with Crippen molar-refractivity contribution in [1.29, 1.82) is 0 Å². The number of likely N-dealkylation sites (tertiary alicyclic amines) is 1. The molecule has 1 aliphatic heterocycles. The minimum atomic E-state index is -0.947. The fourth-order valence-corrected chi connectivity index (χ4v) is 2.84. The molecule has 1 saturated heterocycles. The van der Waals surface area contributed by atoms with Crippen LogP contribution in [0.15, 0.2) is 18.2 Å². The second kappa shape index (κ2) is 8.36. The van der Waals surface area contributed by atoms with Gasteiger partial charge in [-0.2, -0.15) is 0 Å². The van der Waals surface area contributed by atoms with Crippen molar-refractivity contribution >= 4 is 5.97 Å². The summed E-state index contributed by atoms with van der Waals surface area (Å²) in [6.45, 7) is 4.39. The SMILES string of the molecule is CCOC(=O)C1CCN(CCC(O)c2ccc(F)c(F)c2)CC1. The minimum Gasteiger partial charge on any atom is -0.466 e. The van der Waals surface area contributed by atoms with E-state index in [2.05, 4.69) is 4.90 Å². The van der Waals surface area contributed by atoms with Gasteiger partial charge < -0.3 is 14.7 Å². The van der Waals surface area contributed by atoms with E-state index in [1.54, 1.807) is 6.92 Å². The van der Waals surface area contributed by atoms with E-state index >= 15 is 0 Å². The van der Waals surface area contributed by atoms with Crippen LogP contribution in [0.3, 0.4) is 0 Å². The van der Waals surface area contributed by atoms with Crippen molar-refractivity contribution in [3.8, 4) is 0 Å². The molecule has 1 aromatic rings. The van der Waals surface area contributed by atoms with Gasteiger partial charge in [-0.05, 0) is 57.0 Å². The van der Waals surface area contributed by atoms with Crippen LogP contribution in [0.25, 0.3) is 0 Å². The number of nitrogens with zero attached hydrogens (tertiary/aromatic N) is 1. The fourth-order valence-electron chi connectivity index (χ4n) is 2.84. The summed E-state index contributed by atoms with van der Waals surface area (Å²) in [7, 11) is 0. The molecule has 0 amide bonds. The highest BCUT2D eigenvalue weighted by Gasteiger charge is 2.26. The predicted molar refractivity (Wildman–Crippen MR) is 81.7 cm³/mol. The molecule has 0 radical (unpaired) electrons. The van der Waals surface area contributed by atoms with Crippen LogP contribution in [0.4, 0.5) is 8.78 Å². The minimum absolute atomic E-state index is 0.0395. The first-order valence-electron chi connectivity index (χ1n) is 8.03. The largest absolute Gasteiger partial charge is 0.466 e. The molecule has 0 spiro atoms. The lowest BCUT2D eigenvalue weighted by Gasteiger charge is -2.31. The summed E-state index contributed by atoms with van der Waals surface area (Å²) >= 11 is 0. The van der Waals surface area contributed by atoms with Crippen molar-refractivity contribution in [2.24, 2.45) is 5.92 Å². The van der Waals surface area contributed by atoms with E-state index in [9.17, 15) is 18.7 Å². The molecule has 1 aromatic carbocycles. The van der Waals surface area contributed by atoms with Gasteiger partial charge in [0.1, 0.15) is 0 Å². The third-order valence-corrected chi connectivity index (χ3v) is 4.25. The van der Waals surface area contributed by atoms with Crippen LogP contribution >= 0.6 is 0 Å². The number of rotatable bonds is 6. The highest BCUT2D eigenvalue weighted by molar-refractivity contribution is 5.72. The maximum Gasteiger partial charge on any atom is 0.309 e. The average molecular weight is 327 g/mol. The fraction of sp³-hybridized carbons (Fsp3) is 0.588. The van der Waals surface area contributed by atoms with E-state index in [0.717, 1.165) is 38.1 Å². The van der Waals surface area contributed by atoms with Crippen LogP contribution in [0.5, 0.6) is 0 Å². The Labute approximate surface area is 135 Å². The van der Waals surface area contributed by atoms with E-state index in [0.29, 0.717) is 25.1 Å². The topological polar surface area (TPSA) is 49.8 Å². The van der Waals surface area contributed by atoms with Crippen molar-refractivity contribution in [3.63, 3.8) is 0 Å². The second-order valence-electron chi connectivity index (χ2n) is 5.85. The molecule has 1 N–H and O–H groups in total. The maximum absolute atomic E-state index is 13.2. The van der Waals surface area contributed by atoms with Crippen LogP contribution in [-0.4, -0.2) is 42.2 Å². The standard InChI is InChI=1S/C17H23F2NO3/c1-2-23-17(22)12-5-8-20(9-6-12)10-7-16(21)13-3-4-14(18)15(19)11-13/h3-4,11-12,16,21H,2,5-10H2,1H3. The summed E-state index contributed by atoms with van der Waals surface area (Å²) in [4.78, 5) is 13.8. The van der Waals surface area contributed by atoms with Crippen LogP contribution in [0, 0.1) is 17.6 Å². The molecule has 0 bridgehead atoms. The molecule has 0 aliphatic carbocycles. The van der Waals surface area contributed by atoms with Crippen LogP contribution in [-0.2, 0) is 9.53 Å². The van der Waals surface area contributed by atoms with Crippen molar-refractivity contribution in [3.05, 3.63) is 35.4 Å². The van der Waals surface area contributed by atoms with Gasteiger partial charge in [-0.1, -0.05) is 6.07 Å². The van der Waals surface area contributed by atoms with Gasteiger partial charge in [0.25, 0.3) is 0 Å². The number of esters is 1. The van der Waals surface area contributed by atoms with E-state index in [1.807, 2.05) is 0 Å². The molecular formula is C17H23F2NO3. The molecule has 1 heterocycles. The molecule has 0 saturated carbocycles. The molecule has 23 heavy (non-hydrogen) atoms. The number of piperidine rings is 1. The molecule has 0 aromatic heterocycles. The first kappa shape index (κ1) is 17.8. The maximum atomic E-state index is 13.2. The van der Waals surface area contributed by atoms with Gasteiger partial charge in [-0.3, -0.25) is 4.79 Å². The Kier molecular flexibility index (Phi) is 6.47. The molecule has 4 nitrogen and oxygen atoms in total. The Morgan fingerprint density at radius 2 is 2.04 bits per heavy atom. The van der Waals surface area contributed by atoms with Crippen molar-refractivity contribution in [2.45, 2.75) is 32.3 Å². The normalized spacial score (nSPS) is 17.9. The predicted octanol–water partition coefficient (Wildman–Crippen LogP) is 2.66. The highest BCUT2D eigenvalue weighted by Crippen LogP contribution is 2.22. The van der Waals surface area contributed by atoms with Gasteiger partial charge in [0, 0.05) is 6.54 Å². The lowest BCUT2D eigenvalue weighted by atomic mass is 9.96.